The lowest BCUT2D eigenvalue weighted by molar-refractivity contribution is -0.119. The third-order valence-electron chi connectivity index (χ3n) is 3.67. The largest absolute Gasteiger partial charge is 0.497 e. The molecule has 0 radical (unpaired) electrons. The van der Waals surface area contributed by atoms with Crippen molar-refractivity contribution < 1.29 is 9.53 Å². The van der Waals surface area contributed by atoms with Gasteiger partial charge in [0.25, 0.3) is 5.91 Å². The fraction of sp³-hybridized carbons (Fsp3) is 0.263. The summed E-state index contributed by atoms with van der Waals surface area (Å²) in [6, 6.07) is 15.4. The predicted molar refractivity (Wildman–Crippen MR) is 110 cm³/mol. The number of rotatable bonds is 6. The van der Waals surface area contributed by atoms with E-state index in [0.717, 1.165) is 17.1 Å². The topological polar surface area (TPSA) is 74.4 Å². The van der Waals surface area contributed by atoms with E-state index in [-0.39, 0.29) is 12.5 Å². The van der Waals surface area contributed by atoms with Gasteiger partial charge in [-0.3, -0.25) is 15.6 Å². The average Bonchev–Trinajstić information content (AvgIpc) is 2.65. The number of carbonyl (C=O) groups is 1. The van der Waals surface area contributed by atoms with Gasteiger partial charge in [-0.25, -0.2) is 0 Å². The van der Waals surface area contributed by atoms with Crippen molar-refractivity contribution in [2.45, 2.75) is 19.8 Å². The fourth-order valence-electron chi connectivity index (χ4n) is 2.20. The molecule has 0 saturated carbocycles. The van der Waals surface area contributed by atoms with E-state index in [9.17, 15) is 4.79 Å². The molecule has 0 heterocycles. The first kappa shape index (κ1) is 19.5. The number of hydrogen-bond donors (Lipinski definition) is 4. The molecule has 0 fully saturated rings. The van der Waals surface area contributed by atoms with Gasteiger partial charge in [0.15, 0.2) is 5.11 Å². The SMILES string of the molecule is COc1cccc(NCC(=O)NNC(=S)Nc2ccc(C(C)C)cc2)c1. The smallest absolute Gasteiger partial charge is 0.257 e. The number of carbonyl (C=O) groups excluding carboxylic acids is 1. The number of benzene rings is 2. The summed E-state index contributed by atoms with van der Waals surface area (Å²) in [4.78, 5) is 11.9. The summed E-state index contributed by atoms with van der Waals surface area (Å²) in [7, 11) is 1.60. The van der Waals surface area contributed by atoms with E-state index in [1.165, 1.54) is 5.56 Å². The maximum atomic E-state index is 11.9. The summed E-state index contributed by atoms with van der Waals surface area (Å²) in [6.45, 7) is 4.39. The van der Waals surface area contributed by atoms with Crippen LogP contribution in [0.15, 0.2) is 48.5 Å². The van der Waals surface area contributed by atoms with Crippen LogP contribution in [0.4, 0.5) is 11.4 Å². The Morgan fingerprint density at radius 3 is 2.46 bits per heavy atom. The first-order valence-electron chi connectivity index (χ1n) is 8.31. The molecule has 2 aromatic rings. The number of nitrogens with one attached hydrogen (secondary N) is 4. The third-order valence-corrected chi connectivity index (χ3v) is 3.88. The normalized spacial score (nSPS) is 10.2. The zero-order valence-corrected chi connectivity index (χ0v) is 15.9. The minimum absolute atomic E-state index is 0.103. The zero-order valence-electron chi connectivity index (χ0n) is 15.1. The molecule has 1 amide bonds. The molecule has 0 atom stereocenters. The van der Waals surface area contributed by atoms with E-state index < -0.39 is 0 Å². The molecular weight excluding hydrogens is 348 g/mol. The fourth-order valence-corrected chi connectivity index (χ4v) is 2.37. The maximum Gasteiger partial charge on any atom is 0.257 e. The van der Waals surface area contributed by atoms with Gasteiger partial charge in [-0.15, -0.1) is 0 Å². The van der Waals surface area contributed by atoms with Gasteiger partial charge in [0, 0.05) is 17.4 Å². The van der Waals surface area contributed by atoms with Crippen LogP contribution in [0.2, 0.25) is 0 Å². The number of hydrazine groups is 1. The van der Waals surface area contributed by atoms with E-state index in [2.05, 4.69) is 35.3 Å². The predicted octanol–water partition coefficient (Wildman–Crippen LogP) is 3.25. The van der Waals surface area contributed by atoms with Gasteiger partial charge in [-0.05, 0) is 48.0 Å². The van der Waals surface area contributed by atoms with Crippen LogP contribution in [0, 0.1) is 0 Å². The molecule has 0 spiro atoms. The maximum absolute atomic E-state index is 11.9. The molecule has 26 heavy (non-hydrogen) atoms. The van der Waals surface area contributed by atoms with E-state index in [1.807, 2.05) is 48.5 Å². The number of thiocarbonyl (C=S) groups is 1. The van der Waals surface area contributed by atoms with Crippen LogP contribution in [0.1, 0.15) is 25.3 Å². The van der Waals surface area contributed by atoms with Crippen molar-refractivity contribution in [3.63, 3.8) is 0 Å². The Kier molecular flexibility index (Phi) is 7.23. The van der Waals surface area contributed by atoms with Crippen molar-refractivity contribution in [2.75, 3.05) is 24.3 Å². The Bertz CT molecular complexity index is 747. The summed E-state index contributed by atoms with van der Waals surface area (Å²) >= 11 is 5.18. The third kappa shape index (κ3) is 6.25. The molecule has 0 aromatic heterocycles. The quantitative estimate of drug-likeness (QED) is 0.461. The second-order valence-corrected chi connectivity index (χ2v) is 6.40. The zero-order chi connectivity index (χ0) is 18.9. The van der Waals surface area contributed by atoms with Gasteiger partial charge < -0.3 is 15.4 Å². The molecule has 0 unspecified atom stereocenters. The molecule has 0 saturated heterocycles. The van der Waals surface area contributed by atoms with Crippen molar-refractivity contribution in [2.24, 2.45) is 0 Å². The summed E-state index contributed by atoms with van der Waals surface area (Å²) in [5, 5.41) is 6.35. The van der Waals surface area contributed by atoms with Crippen molar-refractivity contribution in [3.8, 4) is 5.75 Å². The van der Waals surface area contributed by atoms with Gasteiger partial charge in [0.05, 0.1) is 13.7 Å². The molecular formula is C19H24N4O2S. The highest BCUT2D eigenvalue weighted by Crippen LogP contribution is 2.17. The number of hydrogen-bond acceptors (Lipinski definition) is 4. The molecule has 7 heteroatoms. The lowest BCUT2D eigenvalue weighted by atomic mass is 10.0. The van der Waals surface area contributed by atoms with Crippen molar-refractivity contribution in [3.05, 3.63) is 54.1 Å². The minimum atomic E-state index is -0.243. The van der Waals surface area contributed by atoms with E-state index in [1.54, 1.807) is 7.11 Å². The van der Waals surface area contributed by atoms with Gasteiger partial charge in [-0.1, -0.05) is 32.0 Å². The Morgan fingerprint density at radius 1 is 1.08 bits per heavy atom. The highest BCUT2D eigenvalue weighted by atomic mass is 32.1. The van der Waals surface area contributed by atoms with Gasteiger partial charge >= 0.3 is 0 Å². The van der Waals surface area contributed by atoms with Gasteiger partial charge in [0.2, 0.25) is 0 Å². The molecule has 6 nitrogen and oxygen atoms in total. The summed E-state index contributed by atoms with van der Waals surface area (Å²) in [6.07, 6.45) is 0. The second-order valence-electron chi connectivity index (χ2n) is 5.99. The van der Waals surface area contributed by atoms with Gasteiger partial charge in [-0.2, -0.15) is 0 Å². The van der Waals surface area contributed by atoms with Crippen LogP contribution >= 0.6 is 12.2 Å². The molecule has 2 rings (SSSR count). The number of anilines is 2. The summed E-state index contributed by atoms with van der Waals surface area (Å²) in [5.74, 6) is 0.958. The Hall–Kier alpha value is -2.80. The summed E-state index contributed by atoms with van der Waals surface area (Å²) in [5.41, 5.74) is 8.14. The summed E-state index contributed by atoms with van der Waals surface area (Å²) < 4.78 is 5.14. The molecule has 0 aliphatic heterocycles. The van der Waals surface area contributed by atoms with Crippen molar-refractivity contribution in [1.29, 1.82) is 0 Å². The minimum Gasteiger partial charge on any atom is -0.497 e. The Balaban J connectivity index is 1.73. The van der Waals surface area contributed by atoms with E-state index in [4.69, 9.17) is 17.0 Å². The molecule has 0 bridgehead atoms. The second kappa shape index (κ2) is 9.62. The number of amides is 1. The number of ether oxygens (including phenoxy) is 1. The van der Waals surface area contributed by atoms with Gasteiger partial charge in [0.1, 0.15) is 5.75 Å². The Labute approximate surface area is 159 Å². The van der Waals surface area contributed by atoms with Crippen LogP contribution in [0.3, 0.4) is 0 Å². The molecule has 138 valence electrons. The van der Waals surface area contributed by atoms with Crippen molar-refractivity contribution in [1.82, 2.24) is 10.9 Å². The first-order valence-corrected chi connectivity index (χ1v) is 8.72. The lowest BCUT2D eigenvalue weighted by Crippen LogP contribution is -2.45. The van der Waals surface area contributed by atoms with Crippen LogP contribution in [0.25, 0.3) is 0 Å². The lowest BCUT2D eigenvalue weighted by Gasteiger charge is -2.13. The van der Waals surface area contributed by atoms with E-state index in [0.29, 0.717) is 11.0 Å². The van der Waals surface area contributed by atoms with Crippen LogP contribution < -0.4 is 26.2 Å². The monoisotopic (exact) mass is 372 g/mol. The molecule has 0 aliphatic rings. The highest BCUT2D eigenvalue weighted by molar-refractivity contribution is 7.80. The Morgan fingerprint density at radius 2 is 1.81 bits per heavy atom. The first-order chi connectivity index (χ1) is 12.5. The van der Waals surface area contributed by atoms with Crippen LogP contribution in [-0.2, 0) is 4.79 Å². The van der Waals surface area contributed by atoms with Crippen LogP contribution in [0.5, 0.6) is 5.75 Å². The average molecular weight is 372 g/mol. The number of methoxy groups -OCH3 is 1. The molecule has 4 N–H and O–H groups in total. The highest BCUT2D eigenvalue weighted by Gasteiger charge is 2.04. The standard InChI is InChI=1S/C19H24N4O2S/c1-13(2)14-7-9-15(10-8-14)21-19(26)23-22-18(24)12-20-16-5-4-6-17(11-16)25-3/h4-11,13,20H,12H2,1-3H3,(H,22,24)(H2,21,23,26). The van der Waals surface area contributed by atoms with Crippen LogP contribution in [-0.4, -0.2) is 24.7 Å². The van der Waals surface area contributed by atoms with E-state index >= 15 is 0 Å². The molecule has 2 aromatic carbocycles. The molecule has 0 aliphatic carbocycles. The van der Waals surface area contributed by atoms with Crippen molar-refractivity contribution >= 4 is 34.6 Å².